The minimum absolute atomic E-state index is 0.400. The summed E-state index contributed by atoms with van der Waals surface area (Å²) in [6.07, 6.45) is 0. The van der Waals surface area contributed by atoms with E-state index in [4.69, 9.17) is 4.74 Å². The highest BCUT2D eigenvalue weighted by Crippen LogP contribution is 2.24. The van der Waals surface area contributed by atoms with Crippen LogP contribution in [0.15, 0.2) is 60.7 Å². The number of fused-ring (bicyclic) bond motifs is 2. The number of aromatic amines is 2. The molecule has 0 saturated carbocycles. The van der Waals surface area contributed by atoms with Crippen LogP contribution in [0.25, 0.3) is 33.5 Å². The van der Waals surface area contributed by atoms with E-state index in [9.17, 15) is 0 Å². The first kappa shape index (κ1) is 16.6. The van der Waals surface area contributed by atoms with Gasteiger partial charge in [0, 0.05) is 5.56 Å². The first-order chi connectivity index (χ1) is 13.6. The van der Waals surface area contributed by atoms with E-state index < -0.39 is 0 Å². The van der Waals surface area contributed by atoms with Crippen LogP contribution in [-0.2, 0) is 6.61 Å². The number of H-pyrrole nitrogens is 2. The van der Waals surface area contributed by atoms with Crippen molar-refractivity contribution in [3.05, 3.63) is 77.6 Å². The van der Waals surface area contributed by atoms with Gasteiger partial charge in [-0.05, 0) is 73.5 Å². The summed E-state index contributed by atoms with van der Waals surface area (Å²) in [6.45, 7) is 4.55. The Labute approximate surface area is 162 Å². The predicted molar refractivity (Wildman–Crippen MR) is 111 cm³/mol. The quantitative estimate of drug-likeness (QED) is 0.452. The van der Waals surface area contributed by atoms with Gasteiger partial charge in [-0.2, -0.15) is 0 Å². The van der Waals surface area contributed by atoms with Gasteiger partial charge in [0.2, 0.25) is 0 Å². The van der Waals surface area contributed by atoms with Crippen LogP contribution in [0.4, 0.5) is 0 Å². The van der Waals surface area contributed by atoms with E-state index in [0.717, 1.165) is 45.0 Å². The molecule has 5 aromatic rings. The molecule has 0 saturated heterocycles. The number of imidazole rings is 2. The lowest BCUT2D eigenvalue weighted by atomic mass is 10.2. The second kappa shape index (κ2) is 6.53. The van der Waals surface area contributed by atoms with E-state index in [2.05, 4.69) is 58.0 Å². The standard InChI is InChI=1S/C23H20N4O/c1-14-3-9-18-20(11-14)25-22(24-18)13-28-17-7-5-16(6-8-17)23-26-19-10-4-15(2)12-21(19)27-23/h3-12H,13H2,1-2H3,(H,24,25)(H,26,27). The van der Waals surface area contributed by atoms with Crippen molar-refractivity contribution < 1.29 is 4.74 Å². The van der Waals surface area contributed by atoms with Crippen molar-refractivity contribution >= 4 is 22.1 Å². The molecule has 5 heteroatoms. The number of hydrogen-bond donors (Lipinski definition) is 2. The third kappa shape index (κ3) is 3.11. The number of ether oxygens (including phenoxy) is 1. The van der Waals surface area contributed by atoms with Crippen molar-refractivity contribution in [3.8, 4) is 17.1 Å². The van der Waals surface area contributed by atoms with Crippen molar-refractivity contribution in [3.63, 3.8) is 0 Å². The van der Waals surface area contributed by atoms with Gasteiger partial charge in [-0.15, -0.1) is 0 Å². The Morgan fingerprint density at radius 3 is 2.11 bits per heavy atom. The summed E-state index contributed by atoms with van der Waals surface area (Å²) in [5.41, 5.74) is 7.47. The molecule has 5 rings (SSSR count). The van der Waals surface area contributed by atoms with Gasteiger partial charge in [0.25, 0.3) is 0 Å². The Hall–Kier alpha value is -3.60. The minimum atomic E-state index is 0.400. The fourth-order valence-corrected chi connectivity index (χ4v) is 3.37. The summed E-state index contributed by atoms with van der Waals surface area (Å²) in [7, 11) is 0. The maximum absolute atomic E-state index is 5.89. The van der Waals surface area contributed by atoms with Crippen LogP contribution in [-0.4, -0.2) is 19.9 Å². The molecule has 2 aromatic heterocycles. The van der Waals surface area contributed by atoms with Gasteiger partial charge in [0.1, 0.15) is 24.0 Å². The van der Waals surface area contributed by atoms with E-state index >= 15 is 0 Å². The van der Waals surface area contributed by atoms with E-state index in [1.165, 1.54) is 11.1 Å². The SMILES string of the molecule is Cc1ccc2nc(COc3ccc(-c4nc5ccc(C)cc5[nH]4)cc3)[nH]c2c1. The van der Waals surface area contributed by atoms with E-state index in [1.807, 2.05) is 36.4 Å². The summed E-state index contributed by atoms with van der Waals surface area (Å²) in [6, 6.07) is 20.3. The third-order valence-corrected chi connectivity index (χ3v) is 4.83. The highest BCUT2D eigenvalue weighted by atomic mass is 16.5. The second-order valence-electron chi connectivity index (χ2n) is 7.12. The van der Waals surface area contributed by atoms with E-state index in [1.54, 1.807) is 0 Å². The third-order valence-electron chi connectivity index (χ3n) is 4.83. The fourth-order valence-electron chi connectivity index (χ4n) is 3.37. The van der Waals surface area contributed by atoms with E-state index in [-0.39, 0.29) is 0 Å². The summed E-state index contributed by atoms with van der Waals surface area (Å²) in [5.74, 6) is 2.48. The van der Waals surface area contributed by atoms with Crippen LogP contribution >= 0.6 is 0 Å². The number of aromatic nitrogens is 4. The molecule has 3 aromatic carbocycles. The second-order valence-corrected chi connectivity index (χ2v) is 7.12. The molecule has 2 heterocycles. The zero-order chi connectivity index (χ0) is 19.1. The van der Waals surface area contributed by atoms with Crippen LogP contribution in [0.2, 0.25) is 0 Å². The predicted octanol–water partition coefficient (Wildman–Crippen LogP) is 5.30. The van der Waals surface area contributed by atoms with Crippen LogP contribution in [0.1, 0.15) is 17.0 Å². The molecule has 28 heavy (non-hydrogen) atoms. The first-order valence-electron chi connectivity index (χ1n) is 9.29. The Kier molecular flexibility index (Phi) is 3.86. The largest absolute Gasteiger partial charge is 0.486 e. The molecule has 2 N–H and O–H groups in total. The zero-order valence-electron chi connectivity index (χ0n) is 15.8. The Morgan fingerprint density at radius 1 is 0.750 bits per heavy atom. The summed E-state index contributed by atoms with van der Waals surface area (Å²) in [5, 5.41) is 0. The van der Waals surface area contributed by atoms with Crippen molar-refractivity contribution in [1.82, 2.24) is 19.9 Å². The van der Waals surface area contributed by atoms with Crippen LogP contribution in [0, 0.1) is 13.8 Å². The molecule has 0 atom stereocenters. The highest BCUT2D eigenvalue weighted by molar-refractivity contribution is 5.80. The zero-order valence-corrected chi connectivity index (χ0v) is 15.8. The van der Waals surface area contributed by atoms with Gasteiger partial charge >= 0.3 is 0 Å². The van der Waals surface area contributed by atoms with Gasteiger partial charge < -0.3 is 14.7 Å². The average Bonchev–Trinajstić information content (AvgIpc) is 3.29. The average molecular weight is 368 g/mol. The molecule has 0 aliphatic heterocycles. The lowest BCUT2D eigenvalue weighted by Crippen LogP contribution is -1.97. The topological polar surface area (TPSA) is 66.6 Å². The molecule has 138 valence electrons. The Bertz CT molecular complexity index is 1280. The number of rotatable bonds is 4. The molecule has 0 fully saturated rings. The van der Waals surface area contributed by atoms with Crippen LogP contribution in [0.5, 0.6) is 5.75 Å². The van der Waals surface area contributed by atoms with Crippen LogP contribution in [0.3, 0.4) is 0 Å². The van der Waals surface area contributed by atoms with Gasteiger partial charge in [-0.1, -0.05) is 12.1 Å². The number of aryl methyl sites for hydroxylation is 2. The molecule has 0 bridgehead atoms. The maximum atomic E-state index is 5.89. The molecular weight excluding hydrogens is 348 g/mol. The monoisotopic (exact) mass is 368 g/mol. The van der Waals surface area contributed by atoms with Gasteiger partial charge in [-0.3, -0.25) is 0 Å². The summed E-state index contributed by atoms with van der Waals surface area (Å²) in [4.78, 5) is 15.9. The molecular formula is C23H20N4O. The Balaban J connectivity index is 1.32. The van der Waals surface area contributed by atoms with Gasteiger partial charge in [0.05, 0.1) is 22.1 Å². The summed E-state index contributed by atoms with van der Waals surface area (Å²) < 4.78 is 5.89. The maximum Gasteiger partial charge on any atom is 0.146 e. The number of hydrogen-bond acceptors (Lipinski definition) is 3. The highest BCUT2D eigenvalue weighted by Gasteiger charge is 2.07. The van der Waals surface area contributed by atoms with Crippen LogP contribution < -0.4 is 4.74 Å². The number of nitrogens with zero attached hydrogens (tertiary/aromatic N) is 2. The molecule has 0 unspecified atom stereocenters. The minimum Gasteiger partial charge on any atom is -0.486 e. The molecule has 0 spiro atoms. The number of nitrogens with one attached hydrogen (secondary N) is 2. The molecule has 5 nitrogen and oxygen atoms in total. The first-order valence-corrected chi connectivity index (χ1v) is 9.29. The normalized spacial score (nSPS) is 11.4. The van der Waals surface area contributed by atoms with Crippen molar-refractivity contribution in [2.45, 2.75) is 20.5 Å². The lowest BCUT2D eigenvalue weighted by molar-refractivity contribution is 0.297. The smallest absolute Gasteiger partial charge is 0.146 e. The fraction of sp³-hybridized carbons (Fsp3) is 0.130. The summed E-state index contributed by atoms with van der Waals surface area (Å²) >= 11 is 0. The van der Waals surface area contributed by atoms with Gasteiger partial charge in [-0.25, -0.2) is 9.97 Å². The molecule has 0 amide bonds. The van der Waals surface area contributed by atoms with Crippen molar-refractivity contribution in [1.29, 1.82) is 0 Å². The molecule has 0 aliphatic carbocycles. The van der Waals surface area contributed by atoms with Gasteiger partial charge in [0.15, 0.2) is 0 Å². The molecule has 0 radical (unpaired) electrons. The number of benzene rings is 3. The Morgan fingerprint density at radius 2 is 1.39 bits per heavy atom. The lowest BCUT2D eigenvalue weighted by Gasteiger charge is -2.04. The van der Waals surface area contributed by atoms with E-state index in [0.29, 0.717) is 6.61 Å². The molecule has 0 aliphatic rings. The van der Waals surface area contributed by atoms with Crippen molar-refractivity contribution in [2.24, 2.45) is 0 Å². The van der Waals surface area contributed by atoms with Crippen molar-refractivity contribution in [2.75, 3.05) is 0 Å².